The summed E-state index contributed by atoms with van der Waals surface area (Å²) in [6.07, 6.45) is 4.73. The van der Waals surface area contributed by atoms with Crippen molar-refractivity contribution in [2.24, 2.45) is 0 Å². The Morgan fingerprint density at radius 2 is 2.09 bits per heavy atom. The van der Waals surface area contributed by atoms with Gasteiger partial charge in [-0.2, -0.15) is 0 Å². The molecule has 1 fully saturated rings. The van der Waals surface area contributed by atoms with E-state index in [1.807, 2.05) is 50.4 Å². The molecule has 3 N–H and O–H groups in total. The van der Waals surface area contributed by atoms with Crippen molar-refractivity contribution in [1.82, 2.24) is 14.6 Å². The number of anilines is 1. The van der Waals surface area contributed by atoms with Gasteiger partial charge in [-0.05, 0) is 81.1 Å². The van der Waals surface area contributed by atoms with Crippen molar-refractivity contribution >= 4 is 27.0 Å². The van der Waals surface area contributed by atoms with Crippen LogP contribution in [0.2, 0.25) is 0 Å². The van der Waals surface area contributed by atoms with Gasteiger partial charge < -0.3 is 15.4 Å². The summed E-state index contributed by atoms with van der Waals surface area (Å²) in [5.41, 5.74) is 11.2. The van der Waals surface area contributed by atoms with Crippen molar-refractivity contribution in [3.05, 3.63) is 53.7 Å². The lowest BCUT2D eigenvalue weighted by Crippen LogP contribution is -2.42. The first kappa shape index (κ1) is 24.2. The van der Waals surface area contributed by atoms with Gasteiger partial charge in [0.15, 0.2) is 0 Å². The van der Waals surface area contributed by atoms with E-state index in [1.54, 1.807) is 11.3 Å². The monoisotopic (exact) mass is 512 g/mol. The Kier molecular flexibility index (Phi) is 6.85. The highest BCUT2D eigenvalue weighted by Crippen LogP contribution is 2.41. The van der Waals surface area contributed by atoms with Crippen LogP contribution in [0.15, 0.2) is 42.6 Å². The lowest BCUT2D eigenvalue weighted by Gasteiger charge is -2.30. The number of benzene rings is 2. The SMILES string of the molecule is CC(C)Oc1ccc(-c2ncc(-c3cccc4c3CC[C@@H]4NS(=O)(=O)CCN3CCC3)s2)cc1N. The van der Waals surface area contributed by atoms with Crippen molar-refractivity contribution in [2.45, 2.75) is 45.3 Å². The Morgan fingerprint density at radius 1 is 1.26 bits per heavy atom. The van der Waals surface area contributed by atoms with Crippen molar-refractivity contribution < 1.29 is 13.2 Å². The van der Waals surface area contributed by atoms with E-state index in [0.29, 0.717) is 18.0 Å². The summed E-state index contributed by atoms with van der Waals surface area (Å²) in [6.45, 7) is 6.56. The van der Waals surface area contributed by atoms with Crippen LogP contribution in [0.1, 0.15) is 43.9 Å². The third-order valence-corrected chi connectivity index (χ3v) is 9.05. The van der Waals surface area contributed by atoms with Crippen molar-refractivity contribution in [2.75, 3.05) is 31.1 Å². The number of fused-ring (bicyclic) bond motifs is 1. The van der Waals surface area contributed by atoms with E-state index >= 15 is 0 Å². The second-order valence-corrected chi connectivity index (χ2v) is 12.4. The van der Waals surface area contributed by atoms with Crippen LogP contribution in [0.5, 0.6) is 5.75 Å². The van der Waals surface area contributed by atoms with Gasteiger partial charge in [-0.1, -0.05) is 18.2 Å². The Hall–Kier alpha value is -2.46. The van der Waals surface area contributed by atoms with Crippen molar-refractivity contribution in [3.8, 4) is 26.8 Å². The van der Waals surface area contributed by atoms with Gasteiger partial charge in [-0.15, -0.1) is 11.3 Å². The number of hydrogen-bond donors (Lipinski definition) is 2. The van der Waals surface area contributed by atoms with Gasteiger partial charge in [-0.25, -0.2) is 18.1 Å². The van der Waals surface area contributed by atoms with Gasteiger partial charge >= 0.3 is 0 Å². The minimum absolute atomic E-state index is 0.0589. The molecule has 0 saturated carbocycles. The number of sulfonamides is 1. The maximum absolute atomic E-state index is 12.7. The van der Waals surface area contributed by atoms with Gasteiger partial charge in [0.25, 0.3) is 0 Å². The predicted octanol–water partition coefficient (Wildman–Crippen LogP) is 4.46. The summed E-state index contributed by atoms with van der Waals surface area (Å²) in [5, 5.41) is 0.890. The zero-order valence-corrected chi connectivity index (χ0v) is 21.8. The third kappa shape index (κ3) is 5.38. The number of hydrogen-bond acceptors (Lipinski definition) is 7. The molecule has 2 aliphatic rings. The van der Waals surface area contributed by atoms with E-state index in [1.165, 1.54) is 5.56 Å². The largest absolute Gasteiger partial charge is 0.489 e. The number of nitrogens with two attached hydrogens (primary N) is 1. The molecule has 5 rings (SSSR count). The molecule has 2 heterocycles. The van der Waals surface area contributed by atoms with Crippen LogP contribution in [-0.4, -0.2) is 49.8 Å². The molecule has 0 radical (unpaired) electrons. The molecule has 1 aliphatic heterocycles. The first-order chi connectivity index (χ1) is 16.8. The molecular weight excluding hydrogens is 480 g/mol. The van der Waals surface area contributed by atoms with Crippen molar-refractivity contribution in [1.29, 1.82) is 0 Å². The number of nitrogens with one attached hydrogen (secondary N) is 1. The fourth-order valence-corrected chi connectivity index (χ4v) is 6.97. The molecule has 0 bridgehead atoms. The maximum Gasteiger partial charge on any atom is 0.213 e. The highest BCUT2D eigenvalue weighted by molar-refractivity contribution is 7.89. The molecule has 3 aromatic rings. The summed E-state index contributed by atoms with van der Waals surface area (Å²) in [7, 11) is -3.33. The molecular formula is C26H32N4O3S2. The van der Waals surface area contributed by atoms with Crippen LogP contribution >= 0.6 is 11.3 Å². The zero-order chi connectivity index (χ0) is 24.6. The summed E-state index contributed by atoms with van der Waals surface area (Å²) >= 11 is 1.62. The van der Waals surface area contributed by atoms with Crippen molar-refractivity contribution in [3.63, 3.8) is 0 Å². The predicted molar refractivity (Wildman–Crippen MR) is 142 cm³/mol. The van der Waals surface area contributed by atoms with E-state index in [9.17, 15) is 8.42 Å². The molecule has 0 amide bonds. The summed E-state index contributed by atoms with van der Waals surface area (Å²) in [5.74, 6) is 0.834. The Morgan fingerprint density at radius 3 is 2.80 bits per heavy atom. The highest BCUT2D eigenvalue weighted by atomic mass is 32.2. The normalized spacial score (nSPS) is 18.0. The number of nitrogen functional groups attached to an aromatic ring is 1. The van der Waals surface area contributed by atoms with Crippen LogP contribution in [-0.2, 0) is 16.4 Å². The van der Waals surface area contributed by atoms with E-state index in [4.69, 9.17) is 10.5 Å². The summed E-state index contributed by atoms with van der Waals surface area (Å²) in [6, 6.07) is 11.8. The van der Waals surface area contributed by atoms with Crippen LogP contribution in [0, 0.1) is 0 Å². The third-order valence-electron chi connectivity index (χ3n) is 6.61. The number of likely N-dealkylation sites (tertiary alicyclic amines) is 1. The van der Waals surface area contributed by atoms with E-state index < -0.39 is 10.0 Å². The quantitative estimate of drug-likeness (QED) is 0.411. The molecule has 1 saturated heterocycles. The van der Waals surface area contributed by atoms with Gasteiger partial charge in [0.05, 0.1) is 22.4 Å². The van der Waals surface area contributed by atoms with Crippen LogP contribution in [0.3, 0.4) is 0 Å². The number of aromatic nitrogens is 1. The lowest BCUT2D eigenvalue weighted by atomic mass is 10.0. The number of ether oxygens (including phenoxy) is 1. The average molecular weight is 513 g/mol. The second-order valence-electron chi connectivity index (χ2n) is 9.55. The first-order valence-electron chi connectivity index (χ1n) is 12.2. The van der Waals surface area contributed by atoms with E-state index in [2.05, 4.69) is 20.7 Å². The molecule has 1 atom stereocenters. The molecule has 0 unspecified atom stereocenters. The Bertz CT molecular complexity index is 1320. The minimum Gasteiger partial charge on any atom is -0.489 e. The molecule has 7 nitrogen and oxygen atoms in total. The van der Waals surface area contributed by atoms with Gasteiger partial charge in [0.1, 0.15) is 10.8 Å². The molecule has 2 aromatic carbocycles. The molecule has 186 valence electrons. The summed E-state index contributed by atoms with van der Waals surface area (Å²) in [4.78, 5) is 7.91. The molecule has 35 heavy (non-hydrogen) atoms. The molecule has 0 spiro atoms. The number of rotatable bonds is 9. The van der Waals surface area contributed by atoms with Crippen LogP contribution < -0.4 is 15.2 Å². The Balaban J connectivity index is 1.34. The number of thiazole rings is 1. The smallest absolute Gasteiger partial charge is 0.213 e. The van der Waals surface area contributed by atoms with Gasteiger partial charge in [0, 0.05) is 24.3 Å². The fraction of sp³-hybridized carbons (Fsp3) is 0.423. The fourth-order valence-electron chi connectivity index (χ4n) is 4.71. The van der Waals surface area contributed by atoms with Gasteiger partial charge in [-0.3, -0.25) is 0 Å². The number of nitrogens with zero attached hydrogens (tertiary/aromatic N) is 2. The standard InChI is InChI=1S/C26H32N4O3S2/c1-17(2)33-24-10-7-18(15-22(24)27)26-28-16-25(34-26)21-6-3-5-20-19(21)8-9-23(20)29-35(31,32)14-13-30-11-4-12-30/h3,5-7,10,15-17,23,29H,4,8-9,11-14,27H2,1-2H3/t23-/m0/s1. The molecule has 9 heteroatoms. The lowest BCUT2D eigenvalue weighted by molar-refractivity contribution is 0.193. The van der Waals surface area contributed by atoms with Crippen LogP contribution in [0.25, 0.3) is 21.0 Å². The Labute approximate surface area is 211 Å². The maximum atomic E-state index is 12.7. The zero-order valence-electron chi connectivity index (χ0n) is 20.2. The van der Waals surface area contributed by atoms with Gasteiger partial charge in [0.2, 0.25) is 10.0 Å². The minimum atomic E-state index is -3.33. The first-order valence-corrected chi connectivity index (χ1v) is 14.6. The molecule has 1 aromatic heterocycles. The van der Waals surface area contributed by atoms with E-state index in [-0.39, 0.29) is 17.9 Å². The van der Waals surface area contributed by atoms with Crippen LogP contribution in [0.4, 0.5) is 5.69 Å². The summed E-state index contributed by atoms with van der Waals surface area (Å²) < 4.78 is 34.1. The highest BCUT2D eigenvalue weighted by Gasteiger charge is 2.29. The molecule has 1 aliphatic carbocycles. The van der Waals surface area contributed by atoms with E-state index in [0.717, 1.165) is 58.9 Å². The second kappa shape index (κ2) is 9.89. The average Bonchev–Trinajstić information content (AvgIpc) is 3.41. The topological polar surface area (TPSA) is 97.5 Å².